The van der Waals surface area contributed by atoms with Crippen molar-refractivity contribution < 1.29 is 9.59 Å². The van der Waals surface area contributed by atoms with Gasteiger partial charge in [0, 0.05) is 39.0 Å². The Kier molecular flexibility index (Phi) is 7.12. The molecule has 4 heteroatoms. The molecule has 138 valence electrons. The number of amides is 2. The number of likely N-dealkylation sites (tertiary alicyclic amines) is 2. The maximum absolute atomic E-state index is 12.4. The first-order valence-electron chi connectivity index (χ1n) is 9.90. The predicted molar refractivity (Wildman–Crippen MR) is 97.5 cm³/mol. The molecule has 2 aliphatic heterocycles. The second-order valence-electron chi connectivity index (χ2n) is 8.70. The topological polar surface area (TPSA) is 40.6 Å². The van der Waals surface area contributed by atoms with E-state index in [0.29, 0.717) is 36.5 Å². The first-order valence-corrected chi connectivity index (χ1v) is 9.90. The van der Waals surface area contributed by atoms with Crippen LogP contribution in [0.1, 0.15) is 66.2 Å². The number of hydrogen-bond acceptors (Lipinski definition) is 2. The molecule has 0 N–H and O–H groups in total. The van der Waals surface area contributed by atoms with Crippen molar-refractivity contribution in [3.63, 3.8) is 0 Å². The van der Waals surface area contributed by atoms with Crippen LogP contribution in [0.5, 0.6) is 0 Å². The molecule has 2 heterocycles. The zero-order valence-corrected chi connectivity index (χ0v) is 16.1. The Morgan fingerprint density at radius 3 is 1.25 bits per heavy atom. The van der Waals surface area contributed by atoms with Crippen molar-refractivity contribution >= 4 is 11.8 Å². The third kappa shape index (κ3) is 5.78. The van der Waals surface area contributed by atoms with E-state index in [1.165, 1.54) is 12.8 Å². The van der Waals surface area contributed by atoms with Crippen molar-refractivity contribution in [2.24, 2.45) is 23.7 Å². The van der Waals surface area contributed by atoms with Crippen molar-refractivity contribution in [3.8, 4) is 0 Å². The van der Waals surface area contributed by atoms with Crippen LogP contribution in [0.15, 0.2) is 0 Å². The lowest BCUT2D eigenvalue weighted by atomic mass is 9.91. The van der Waals surface area contributed by atoms with E-state index >= 15 is 0 Å². The van der Waals surface area contributed by atoms with Gasteiger partial charge in [0.05, 0.1) is 0 Å². The Morgan fingerprint density at radius 1 is 0.667 bits per heavy atom. The van der Waals surface area contributed by atoms with E-state index < -0.39 is 0 Å². The molecule has 0 saturated carbocycles. The Labute approximate surface area is 148 Å². The number of rotatable bonds is 5. The second kappa shape index (κ2) is 8.87. The fourth-order valence-corrected chi connectivity index (χ4v) is 4.60. The van der Waals surface area contributed by atoms with Crippen LogP contribution in [0.4, 0.5) is 0 Å². The Morgan fingerprint density at radius 2 is 0.958 bits per heavy atom. The summed E-state index contributed by atoms with van der Waals surface area (Å²) in [4.78, 5) is 28.8. The van der Waals surface area contributed by atoms with Gasteiger partial charge in [-0.15, -0.1) is 0 Å². The minimum atomic E-state index is 0.279. The maximum Gasteiger partial charge on any atom is 0.222 e. The molecule has 0 aromatic carbocycles. The number of unbranched alkanes of at least 4 members (excludes halogenated alkanes) is 1. The highest BCUT2D eigenvalue weighted by Crippen LogP contribution is 2.23. The molecule has 0 aliphatic carbocycles. The number of piperidine rings is 2. The van der Waals surface area contributed by atoms with Gasteiger partial charge >= 0.3 is 0 Å². The Bertz CT molecular complexity index is 377. The van der Waals surface area contributed by atoms with Crippen molar-refractivity contribution in [2.45, 2.75) is 66.2 Å². The average molecular weight is 337 g/mol. The van der Waals surface area contributed by atoms with Gasteiger partial charge in [0.2, 0.25) is 11.8 Å². The molecular weight excluding hydrogens is 300 g/mol. The molecule has 2 aliphatic rings. The third-order valence-corrected chi connectivity index (χ3v) is 5.47. The Hall–Kier alpha value is -1.06. The lowest BCUT2D eigenvalue weighted by molar-refractivity contribution is -0.135. The van der Waals surface area contributed by atoms with Crippen molar-refractivity contribution in [1.82, 2.24) is 9.80 Å². The summed E-state index contributed by atoms with van der Waals surface area (Å²) in [5, 5.41) is 0. The quantitative estimate of drug-likeness (QED) is 0.720. The van der Waals surface area contributed by atoms with Gasteiger partial charge in [-0.3, -0.25) is 9.59 Å². The van der Waals surface area contributed by atoms with Crippen LogP contribution in [0.2, 0.25) is 0 Å². The van der Waals surface area contributed by atoms with E-state index in [9.17, 15) is 9.59 Å². The minimum Gasteiger partial charge on any atom is -0.342 e. The van der Waals surface area contributed by atoms with Gasteiger partial charge in [0.1, 0.15) is 0 Å². The van der Waals surface area contributed by atoms with E-state index in [2.05, 4.69) is 27.7 Å². The van der Waals surface area contributed by atoms with E-state index in [1.54, 1.807) is 0 Å². The average Bonchev–Trinajstić information content (AvgIpc) is 2.49. The van der Waals surface area contributed by atoms with Crippen LogP contribution in [-0.2, 0) is 9.59 Å². The monoisotopic (exact) mass is 336 g/mol. The summed E-state index contributed by atoms with van der Waals surface area (Å²) in [7, 11) is 0. The van der Waals surface area contributed by atoms with Gasteiger partial charge in [0.25, 0.3) is 0 Å². The second-order valence-corrected chi connectivity index (χ2v) is 8.70. The van der Waals surface area contributed by atoms with Gasteiger partial charge in [-0.05, 0) is 49.4 Å². The smallest absolute Gasteiger partial charge is 0.222 e. The standard InChI is InChI=1S/C20H36N2O2/c1-15-9-16(2)12-21(11-15)19(23)7-5-6-8-20(24)22-13-17(3)10-18(4)14-22/h15-18H,5-14H2,1-4H3/t15-,16-,17-,18+/m1/s1. The molecule has 4 atom stereocenters. The number of carbonyl (C=O) groups excluding carboxylic acids is 2. The highest BCUT2D eigenvalue weighted by molar-refractivity contribution is 5.77. The molecule has 2 rings (SSSR count). The normalized spacial score (nSPS) is 31.2. The van der Waals surface area contributed by atoms with Gasteiger partial charge < -0.3 is 9.80 Å². The summed E-state index contributed by atoms with van der Waals surface area (Å²) in [6, 6.07) is 0. The van der Waals surface area contributed by atoms with Crippen LogP contribution in [0.3, 0.4) is 0 Å². The van der Waals surface area contributed by atoms with Gasteiger partial charge in [-0.1, -0.05) is 27.7 Å². The third-order valence-electron chi connectivity index (χ3n) is 5.47. The Balaban J connectivity index is 1.65. The van der Waals surface area contributed by atoms with Gasteiger partial charge in [0.15, 0.2) is 0 Å². The summed E-state index contributed by atoms with van der Waals surface area (Å²) < 4.78 is 0. The predicted octanol–water partition coefficient (Wildman–Crippen LogP) is 3.56. The number of nitrogens with zero attached hydrogens (tertiary/aromatic N) is 2. The van der Waals surface area contributed by atoms with Crippen molar-refractivity contribution in [3.05, 3.63) is 0 Å². The summed E-state index contributed by atoms with van der Waals surface area (Å²) in [5.74, 6) is 3.01. The molecule has 4 nitrogen and oxygen atoms in total. The maximum atomic E-state index is 12.4. The fourth-order valence-electron chi connectivity index (χ4n) is 4.60. The number of hydrogen-bond donors (Lipinski definition) is 0. The lowest BCUT2D eigenvalue weighted by Crippen LogP contribution is -2.43. The van der Waals surface area contributed by atoms with Gasteiger partial charge in [-0.25, -0.2) is 0 Å². The summed E-state index contributed by atoms with van der Waals surface area (Å²) in [6.45, 7) is 12.6. The van der Waals surface area contributed by atoms with Crippen LogP contribution in [0, 0.1) is 23.7 Å². The molecule has 2 amide bonds. The van der Waals surface area contributed by atoms with Crippen molar-refractivity contribution in [1.29, 1.82) is 0 Å². The van der Waals surface area contributed by atoms with E-state index in [-0.39, 0.29) is 11.8 Å². The zero-order chi connectivity index (χ0) is 17.7. The largest absolute Gasteiger partial charge is 0.342 e. The van der Waals surface area contributed by atoms with E-state index in [4.69, 9.17) is 0 Å². The van der Waals surface area contributed by atoms with Crippen molar-refractivity contribution in [2.75, 3.05) is 26.2 Å². The van der Waals surface area contributed by atoms with Gasteiger partial charge in [-0.2, -0.15) is 0 Å². The summed E-state index contributed by atoms with van der Waals surface area (Å²) in [6.07, 6.45) is 5.32. The van der Waals surface area contributed by atoms with Crippen LogP contribution >= 0.6 is 0 Å². The molecule has 0 spiro atoms. The molecule has 0 aromatic heterocycles. The molecule has 2 saturated heterocycles. The van der Waals surface area contributed by atoms with Crippen LogP contribution < -0.4 is 0 Å². The SMILES string of the molecule is C[C@@H]1C[C@@H](C)CN(C(=O)CCCCC(=O)N2C[C@H](C)C[C@H](C)C2)C1. The molecular formula is C20H36N2O2. The van der Waals surface area contributed by atoms with E-state index in [1.807, 2.05) is 9.80 Å². The van der Waals surface area contributed by atoms with Crippen LogP contribution in [-0.4, -0.2) is 47.8 Å². The molecule has 2 fully saturated rings. The molecule has 0 bridgehead atoms. The molecule has 0 radical (unpaired) electrons. The molecule has 24 heavy (non-hydrogen) atoms. The van der Waals surface area contributed by atoms with E-state index in [0.717, 1.165) is 39.0 Å². The summed E-state index contributed by atoms with van der Waals surface area (Å²) in [5.41, 5.74) is 0. The minimum absolute atomic E-state index is 0.279. The molecule has 0 unspecified atom stereocenters. The summed E-state index contributed by atoms with van der Waals surface area (Å²) >= 11 is 0. The first-order chi connectivity index (χ1) is 11.3. The molecule has 0 aromatic rings. The highest BCUT2D eigenvalue weighted by atomic mass is 16.2. The zero-order valence-electron chi connectivity index (χ0n) is 16.1. The highest BCUT2D eigenvalue weighted by Gasteiger charge is 2.26. The first kappa shape index (κ1) is 19.3. The number of carbonyl (C=O) groups is 2. The lowest BCUT2D eigenvalue weighted by Gasteiger charge is -2.35. The van der Waals surface area contributed by atoms with Crippen LogP contribution in [0.25, 0.3) is 0 Å². The fraction of sp³-hybridized carbons (Fsp3) is 0.900.